The van der Waals surface area contributed by atoms with Crippen LogP contribution in [-0.4, -0.2) is 58.8 Å². The third-order valence-electron chi connectivity index (χ3n) is 5.79. The van der Waals surface area contributed by atoms with E-state index in [1.54, 1.807) is 12.1 Å². The van der Waals surface area contributed by atoms with Crippen LogP contribution < -0.4 is 9.46 Å². The molecule has 0 radical (unpaired) electrons. The zero-order valence-electron chi connectivity index (χ0n) is 17.4. The summed E-state index contributed by atoms with van der Waals surface area (Å²) in [6.07, 6.45) is 4.78. The Hall–Kier alpha value is -1.15. The number of nitrogens with one attached hydrogen (secondary N) is 1. The van der Waals surface area contributed by atoms with Gasteiger partial charge in [0.2, 0.25) is 10.0 Å². The van der Waals surface area contributed by atoms with Crippen molar-refractivity contribution in [3.8, 4) is 5.75 Å². The quantitative estimate of drug-likeness (QED) is 0.714. The predicted octanol–water partition coefficient (Wildman–Crippen LogP) is 2.87. The molecule has 0 bridgehead atoms. The summed E-state index contributed by atoms with van der Waals surface area (Å²) in [4.78, 5) is 2.78. The molecule has 7 heteroatoms. The number of nitrogens with zero attached hydrogens (tertiary/aromatic N) is 1. The van der Waals surface area contributed by atoms with E-state index in [4.69, 9.17) is 9.47 Å². The Morgan fingerprint density at radius 3 is 2.43 bits per heavy atom. The Morgan fingerprint density at radius 2 is 1.86 bits per heavy atom. The Labute approximate surface area is 169 Å². The number of hydrogen-bond acceptors (Lipinski definition) is 5. The van der Waals surface area contributed by atoms with E-state index in [0.29, 0.717) is 30.1 Å². The van der Waals surface area contributed by atoms with Gasteiger partial charge in [-0.3, -0.25) is 0 Å². The predicted molar refractivity (Wildman–Crippen MR) is 110 cm³/mol. The standard InChI is InChI=1S/C21H34N2O4S/c1-4-26-21-16(2)12-20(13-17(21)3)28(24,25)22-14-18-7-9-23(10-8-18)15-19-6-5-11-27-19/h12-13,18-19,22H,4-11,14-15H2,1-3H3. The molecular formula is C21H34N2O4S. The highest BCUT2D eigenvalue weighted by atomic mass is 32.2. The molecule has 28 heavy (non-hydrogen) atoms. The van der Waals surface area contributed by atoms with Crippen molar-refractivity contribution in [3.63, 3.8) is 0 Å². The van der Waals surface area contributed by atoms with Gasteiger partial charge in [0.1, 0.15) is 5.75 Å². The maximum Gasteiger partial charge on any atom is 0.240 e. The number of sulfonamides is 1. The van der Waals surface area contributed by atoms with Gasteiger partial charge in [0.05, 0.1) is 17.6 Å². The van der Waals surface area contributed by atoms with E-state index in [1.165, 1.54) is 12.8 Å². The van der Waals surface area contributed by atoms with Crippen LogP contribution in [0.15, 0.2) is 17.0 Å². The lowest BCUT2D eigenvalue weighted by molar-refractivity contribution is 0.0602. The Morgan fingerprint density at radius 1 is 1.18 bits per heavy atom. The molecule has 158 valence electrons. The molecule has 2 aliphatic rings. The van der Waals surface area contributed by atoms with Gasteiger partial charge in [-0.2, -0.15) is 0 Å². The van der Waals surface area contributed by atoms with E-state index in [9.17, 15) is 8.42 Å². The Balaban J connectivity index is 1.51. The molecule has 0 aliphatic carbocycles. The summed E-state index contributed by atoms with van der Waals surface area (Å²) in [5, 5.41) is 0. The zero-order valence-corrected chi connectivity index (χ0v) is 18.2. The van der Waals surface area contributed by atoms with Gasteiger partial charge in [-0.25, -0.2) is 13.1 Å². The second-order valence-electron chi connectivity index (χ2n) is 8.05. The highest BCUT2D eigenvalue weighted by Crippen LogP contribution is 2.27. The average molecular weight is 411 g/mol. The number of ether oxygens (including phenoxy) is 2. The minimum atomic E-state index is -3.51. The van der Waals surface area contributed by atoms with Gasteiger partial charge in [0.15, 0.2) is 0 Å². The molecule has 2 fully saturated rings. The molecular weight excluding hydrogens is 376 g/mol. The van der Waals surface area contributed by atoms with Gasteiger partial charge < -0.3 is 14.4 Å². The first kappa shape index (κ1) is 21.6. The number of piperidine rings is 1. The van der Waals surface area contributed by atoms with Crippen LogP contribution >= 0.6 is 0 Å². The summed E-state index contributed by atoms with van der Waals surface area (Å²) in [6.45, 7) is 10.7. The van der Waals surface area contributed by atoms with E-state index >= 15 is 0 Å². The second-order valence-corrected chi connectivity index (χ2v) is 9.82. The highest BCUT2D eigenvalue weighted by Gasteiger charge is 2.25. The summed E-state index contributed by atoms with van der Waals surface area (Å²) in [7, 11) is -3.51. The minimum Gasteiger partial charge on any atom is -0.493 e. The van der Waals surface area contributed by atoms with Crippen molar-refractivity contribution in [1.82, 2.24) is 9.62 Å². The van der Waals surface area contributed by atoms with E-state index in [-0.39, 0.29) is 0 Å². The van der Waals surface area contributed by atoms with Gasteiger partial charge in [0.25, 0.3) is 0 Å². The molecule has 6 nitrogen and oxygen atoms in total. The highest BCUT2D eigenvalue weighted by molar-refractivity contribution is 7.89. The van der Waals surface area contributed by atoms with E-state index in [1.807, 2.05) is 20.8 Å². The van der Waals surface area contributed by atoms with Crippen molar-refractivity contribution in [2.45, 2.75) is 57.5 Å². The number of rotatable bonds is 8. The lowest BCUT2D eigenvalue weighted by Crippen LogP contribution is -2.41. The summed E-state index contributed by atoms with van der Waals surface area (Å²) in [6, 6.07) is 3.40. The largest absolute Gasteiger partial charge is 0.493 e. The van der Waals surface area contributed by atoms with Gasteiger partial charge in [-0.1, -0.05) is 0 Å². The first-order chi connectivity index (χ1) is 13.4. The van der Waals surface area contributed by atoms with Crippen LogP contribution in [0.25, 0.3) is 0 Å². The maximum absolute atomic E-state index is 12.8. The van der Waals surface area contributed by atoms with E-state index in [2.05, 4.69) is 9.62 Å². The molecule has 0 amide bonds. The molecule has 1 N–H and O–H groups in total. The number of benzene rings is 1. The fraction of sp³-hybridized carbons (Fsp3) is 0.714. The third-order valence-corrected chi connectivity index (χ3v) is 7.19. The number of aryl methyl sites for hydroxylation is 2. The van der Waals surface area contributed by atoms with Crippen LogP contribution in [0, 0.1) is 19.8 Å². The molecule has 1 unspecified atom stereocenters. The van der Waals surface area contributed by atoms with Crippen LogP contribution in [0.2, 0.25) is 0 Å². The second kappa shape index (κ2) is 9.57. The van der Waals surface area contributed by atoms with Gasteiger partial charge in [-0.15, -0.1) is 0 Å². The fourth-order valence-corrected chi connectivity index (χ4v) is 5.48. The van der Waals surface area contributed by atoms with Gasteiger partial charge in [-0.05, 0) is 88.7 Å². The summed E-state index contributed by atoms with van der Waals surface area (Å²) < 4.78 is 39.7. The summed E-state index contributed by atoms with van der Waals surface area (Å²) >= 11 is 0. The molecule has 1 atom stereocenters. The van der Waals surface area contributed by atoms with Crippen LogP contribution in [-0.2, 0) is 14.8 Å². The van der Waals surface area contributed by atoms with Crippen LogP contribution in [0.1, 0.15) is 43.7 Å². The third kappa shape index (κ3) is 5.47. The molecule has 0 aromatic heterocycles. The fourth-order valence-electron chi connectivity index (χ4n) is 4.20. The first-order valence-electron chi connectivity index (χ1n) is 10.5. The maximum atomic E-state index is 12.8. The molecule has 1 aromatic rings. The lowest BCUT2D eigenvalue weighted by atomic mass is 9.97. The summed E-state index contributed by atoms with van der Waals surface area (Å²) in [5.41, 5.74) is 1.70. The molecule has 2 saturated heterocycles. The van der Waals surface area contributed by atoms with Gasteiger partial charge >= 0.3 is 0 Å². The zero-order chi connectivity index (χ0) is 20.1. The molecule has 2 aliphatic heterocycles. The topological polar surface area (TPSA) is 67.9 Å². The normalized spacial score (nSPS) is 21.9. The Bertz CT molecular complexity index is 729. The lowest BCUT2D eigenvalue weighted by Gasteiger charge is -2.33. The van der Waals surface area contributed by atoms with Crippen LogP contribution in [0.5, 0.6) is 5.75 Å². The first-order valence-corrected chi connectivity index (χ1v) is 11.9. The number of likely N-dealkylation sites (tertiary alicyclic amines) is 1. The van der Waals surface area contributed by atoms with Crippen molar-refractivity contribution >= 4 is 10.0 Å². The van der Waals surface area contributed by atoms with Crippen molar-refractivity contribution in [3.05, 3.63) is 23.3 Å². The SMILES string of the molecule is CCOc1c(C)cc(S(=O)(=O)NCC2CCN(CC3CCCO3)CC2)cc1C. The smallest absolute Gasteiger partial charge is 0.240 e. The van der Waals surface area contributed by atoms with Gasteiger partial charge in [0, 0.05) is 19.7 Å². The molecule has 0 saturated carbocycles. The van der Waals surface area contributed by atoms with Crippen LogP contribution in [0.3, 0.4) is 0 Å². The minimum absolute atomic E-state index is 0.321. The summed E-state index contributed by atoms with van der Waals surface area (Å²) in [5.74, 6) is 1.17. The van der Waals surface area contributed by atoms with Crippen molar-refractivity contribution in [1.29, 1.82) is 0 Å². The molecule has 1 aromatic carbocycles. The van der Waals surface area contributed by atoms with Crippen molar-refractivity contribution in [2.75, 3.05) is 39.4 Å². The molecule has 0 spiro atoms. The monoisotopic (exact) mass is 410 g/mol. The Kier molecular flexibility index (Phi) is 7.36. The van der Waals surface area contributed by atoms with Crippen molar-refractivity contribution in [2.24, 2.45) is 5.92 Å². The number of hydrogen-bond donors (Lipinski definition) is 1. The average Bonchev–Trinajstić information content (AvgIpc) is 3.17. The van der Waals surface area contributed by atoms with Crippen LogP contribution in [0.4, 0.5) is 0 Å². The van der Waals surface area contributed by atoms with Crippen molar-refractivity contribution < 1.29 is 17.9 Å². The van der Waals surface area contributed by atoms with E-state index in [0.717, 1.165) is 56.0 Å². The van der Waals surface area contributed by atoms with E-state index < -0.39 is 10.0 Å². The molecule has 3 rings (SSSR count). The molecule has 2 heterocycles.